The minimum atomic E-state index is -0.766. The van der Waals surface area contributed by atoms with Gasteiger partial charge in [-0.05, 0) is 24.5 Å². The van der Waals surface area contributed by atoms with E-state index in [2.05, 4.69) is 22.9 Å². The van der Waals surface area contributed by atoms with Crippen LogP contribution in [0.15, 0.2) is 29.2 Å². The molecule has 18 heavy (non-hydrogen) atoms. The molecule has 1 aromatic rings. The summed E-state index contributed by atoms with van der Waals surface area (Å²) in [7, 11) is 0. The number of benzene rings is 1. The molecule has 0 aliphatic carbocycles. The lowest BCUT2D eigenvalue weighted by atomic mass is 10.3. The normalized spacial score (nSPS) is 9.61. The van der Waals surface area contributed by atoms with E-state index < -0.39 is 11.8 Å². The maximum atomic E-state index is 11.5. The fourth-order valence-corrected chi connectivity index (χ4v) is 1.67. The monoisotopic (exact) mass is 283 g/mol. The molecule has 0 radical (unpaired) electrons. The Morgan fingerprint density at radius 1 is 1.39 bits per heavy atom. The second-order valence-corrected chi connectivity index (χ2v) is 4.74. The van der Waals surface area contributed by atoms with E-state index in [1.54, 1.807) is 30.0 Å². The maximum Gasteiger partial charge on any atom is 0.313 e. The van der Waals surface area contributed by atoms with Crippen LogP contribution in [0, 0.1) is 0 Å². The van der Waals surface area contributed by atoms with Crippen molar-refractivity contribution in [3.8, 4) is 0 Å². The van der Waals surface area contributed by atoms with Gasteiger partial charge < -0.3 is 16.4 Å². The van der Waals surface area contributed by atoms with Gasteiger partial charge in [-0.25, -0.2) is 0 Å². The number of nitrogens with two attached hydrogens (primary N) is 1. The molecule has 0 aliphatic rings. The summed E-state index contributed by atoms with van der Waals surface area (Å²) in [6.07, 6.45) is 1.93. The summed E-state index contributed by atoms with van der Waals surface area (Å²) in [5.74, 6) is -1.51. The molecule has 0 unspecified atom stereocenters. The Hall–Kier alpha value is -1.60. The van der Waals surface area contributed by atoms with Gasteiger partial charge in [0.2, 0.25) is 0 Å². The molecule has 96 valence electrons. The average Bonchev–Trinajstić information content (AvgIpc) is 2.36. The van der Waals surface area contributed by atoms with Crippen molar-refractivity contribution in [1.29, 1.82) is 0 Å². The first-order valence-corrected chi connectivity index (χ1v) is 6.67. The predicted octanol–water partition coefficient (Wildman–Crippen LogP) is 0.749. The summed E-state index contributed by atoms with van der Waals surface area (Å²) in [6.45, 7) is 0.00639. The highest BCUT2D eigenvalue weighted by Crippen LogP contribution is 2.18. The van der Waals surface area contributed by atoms with E-state index in [4.69, 9.17) is 5.73 Å². The highest BCUT2D eigenvalue weighted by molar-refractivity contribution is 7.98. The van der Waals surface area contributed by atoms with Crippen LogP contribution in [0.5, 0.6) is 0 Å². The molecule has 5 nitrogen and oxygen atoms in total. The zero-order chi connectivity index (χ0) is 13.5. The van der Waals surface area contributed by atoms with Crippen LogP contribution in [0.4, 0.5) is 5.69 Å². The highest BCUT2D eigenvalue weighted by atomic mass is 32.2. The van der Waals surface area contributed by atoms with Gasteiger partial charge in [-0.1, -0.05) is 18.3 Å². The minimum Gasteiger partial charge on any atom is -0.392 e. The molecule has 0 bridgehead atoms. The van der Waals surface area contributed by atoms with Crippen LogP contribution >= 0.6 is 24.0 Å². The first-order chi connectivity index (χ1) is 8.52. The molecule has 1 aromatic carbocycles. The van der Waals surface area contributed by atoms with Crippen LogP contribution < -0.4 is 16.4 Å². The van der Waals surface area contributed by atoms with Gasteiger partial charge in [0.05, 0.1) is 11.5 Å². The minimum absolute atomic E-state index is 0.00639. The molecule has 0 heterocycles. The van der Waals surface area contributed by atoms with Crippen LogP contribution in [-0.2, 0) is 9.59 Å². The fraction of sp³-hybridized carbons (Fsp3) is 0.182. The first-order valence-electron chi connectivity index (χ1n) is 5.04. The van der Waals surface area contributed by atoms with Crippen molar-refractivity contribution in [2.75, 3.05) is 18.1 Å². The Labute approximate surface area is 115 Å². The van der Waals surface area contributed by atoms with E-state index in [0.717, 1.165) is 4.90 Å². The number of anilines is 1. The van der Waals surface area contributed by atoms with Crippen LogP contribution in [0.2, 0.25) is 0 Å². The van der Waals surface area contributed by atoms with Gasteiger partial charge in [-0.15, -0.1) is 11.8 Å². The van der Waals surface area contributed by atoms with E-state index in [1.165, 1.54) is 0 Å². The Morgan fingerprint density at radius 2 is 2.11 bits per heavy atom. The van der Waals surface area contributed by atoms with Crippen LogP contribution in [0.1, 0.15) is 0 Å². The molecular formula is C11H13N3O2S2. The first kappa shape index (κ1) is 14.5. The molecule has 0 saturated carbocycles. The highest BCUT2D eigenvalue weighted by Gasteiger charge is 2.13. The third-order valence-corrected chi connectivity index (χ3v) is 2.83. The van der Waals surface area contributed by atoms with Crippen LogP contribution in [0.3, 0.4) is 0 Å². The summed E-state index contributed by atoms with van der Waals surface area (Å²) in [5, 5.41) is 4.80. The van der Waals surface area contributed by atoms with E-state index >= 15 is 0 Å². The summed E-state index contributed by atoms with van der Waals surface area (Å²) in [5.41, 5.74) is 5.78. The molecule has 7 heteroatoms. The van der Waals surface area contributed by atoms with Crippen molar-refractivity contribution in [3.63, 3.8) is 0 Å². The molecule has 2 amide bonds. The van der Waals surface area contributed by atoms with E-state index in [-0.39, 0.29) is 11.5 Å². The van der Waals surface area contributed by atoms with E-state index in [1.807, 2.05) is 12.3 Å². The Balaban J connectivity index is 2.58. The molecule has 0 spiro atoms. The van der Waals surface area contributed by atoms with Crippen molar-refractivity contribution >= 4 is 46.5 Å². The standard InChI is InChI=1S/C11H13N3O2S2/c1-18-8-4-2-3-7(5-8)14-11(16)10(15)13-6-9(12)17/h2-5H,6H2,1H3,(H2,12,17)(H,13,15)(H,14,16). The maximum absolute atomic E-state index is 11.5. The summed E-state index contributed by atoms with van der Waals surface area (Å²) >= 11 is 6.14. The number of nitrogens with one attached hydrogen (secondary N) is 2. The van der Waals surface area contributed by atoms with Gasteiger partial charge in [0.15, 0.2) is 0 Å². The van der Waals surface area contributed by atoms with E-state index in [9.17, 15) is 9.59 Å². The van der Waals surface area contributed by atoms with Crippen molar-refractivity contribution < 1.29 is 9.59 Å². The lowest BCUT2D eigenvalue weighted by Gasteiger charge is -2.06. The molecular weight excluding hydrogens is 270 g/mol. The lowest BCUT2D eigenvalue weighted by molar-refractivity contribution is -0.135. The number of thioether (sulfide) groups is 1. The molecule has 0 saturated heterocycles. The number of thiocarbonyl (C=S) groups is 1. The number of hydrogen-bond donors (Lipinski definition) is 3. The van der Waals surface area contributed by atoms with Gasteiger partial charge in [-0.3, -0.25) is 9.59 Å². The average molecular weight is 283 g/mol. The zero-order valence-corrected chi connectivity index (χ0v) is 11.4. The Kier molecular flexibility index (Phi) is 5.60. The zero-order valence-electron chi connectivity index (χ0n) is 9.73. The SMILES string of the molecule is CSc1cccc(NC(=O)C(=O)NCC(N)=S)c1. The van der Waals surface area contributed by atoms with Crippen molar-refractivity contribution in [3.05, 3.63) is 24.3 Å². The number of amides is 2. The number of carbonyl (C=O) groups excluding carboxylic acids is 2. The Bertz CT molecular complexity index is 477. The third kappa shape index (κ3) is 4.72. The van der Waals surface area contributed by atoms with Crippen LogP contribution in [-0.4, -0.2) is 29.6 Å². The van der Waals surface area contributed by atoms with Gasteiger partial charge in [0.25, 0.3) is 0 Å². The summed E-state index contributed by atoms with van der Waals surface area (Å²) in [6, 6.07) is 7.20. The molecule has 0 aliphatic heterocycles. The second-order valence-electron chi connectivity index (χ2n) is 3.34. The Morgan fingerprint density at radius 3 is 2.72 bits per heavy atom. The number of rotatable bonds is 4. The molecule has 1 rings (SSSR count). The summed E-state index contributed by atoms with van der Waals surface area (Å²) in [4.78, 5) is 24.0. The smallest absolute Gasteiger partial charge is 0.313 e. The van der Waals surface area contributed by atoms with Crippen molar-refractivity contribution in [2.45, 2.75) is 4.90 Å². The third-order valence-electron chi connectivity index (χ3n) is 1.96. The molecule has 0 aromatic heterocycles. The van der Waals surface area contributed by atoms with Gasteiger partial charge >= 0.3 is 11.8 Å². The van der Waals surface area contributed by atoms with Gasteiger partial charge in [0.1, 0.15) is 0 Å². The van der Waals surface area contributed by atoms with Crippen molar-refractivity contribution in [2.24, 2.45) is 5.73 Å². The topological polar surface area (TPSA) is 84.2 Å². The van der Waals surface area contributed by atoms with Gasteiger partial charge in [-0.2, -0.15) is 0 Å². The number of carbonyl (C=O) groups is 2. The lowest BCUT2D eigenvalue weighted by Crippen LogP contribution is -2.39. The summed E-state index contributed by atoms with van der Waals surface area (Å²) < 4.78 is 0. The van der Waals surface area contributed by atoms with Gasteiger partial charge in [0, 0.05) is 10.6 Å². The predicted molar refractivity (Wildman–Crippen MR) is 76.6 cm³/mol. The van der Waals surface area contributed by atoms with Crippen molar-refractivity contribution in [1.82, 2.24) is 5.32 Å². The fourth-order valence-electron chi connectivity index (χ4n) is 1.14. The van der Waals surface area contributed by atoms with E-state index in [0.29, 0.717) is 5.69 Å². The molecule has 0 atom stereocenters. The van der Waals surface area contributed by atoms with Crippen LogP contribution in [0.25, 0.3) is 0 Å². The largest absolute Gasteiger partial charge is 0.392 e. The molecule has 0 fully saturated rings. The molecule has 4 N–H and O–H groups in total. The second kappa shape index (κ2) is 6.97. The number of hydrogen-bond acceptors (Lipinski definition) is 4. The quantitative estimate of drug-likeness (QED) is 0.431.